The quantitative estimate of drug-likeness (QED) is 0.793. The van der Waals surface area contributed by atoms with Crippen molar-refractivity contribution in [2.75, 3.05) is 24.5 Å². The lowest BCUT2D eigenvalue weighted by atomic mass is 10.0. The van der Waals surface area contributed by atoms with Gasteiger partial charge in [-0.15, -0.1) is 11.3 Å². The Bertz CT molecular complexity index is 815. The second kappa shape index (κ2) is 6.87. The van der Waals surface area contributed by atoms with Crippen molar-refractivity contribution in [3.8, 4) is 0 Å². The van der Waals surface area contributed by atoms with Gasteiger partial charge in [0.1, 0.15) is 17.0 Å². The fourth-order valence-electron chi connectivity index (χ4n) is 3.40. The van der Waals surface area contributed by atoms with E-state index in [0.717, 1.165) is 43.1 Å². The highest BCUT2D eigenvalue weighted by molar-refractivity contribution is 7.18. The highest BCUT2D eigenvalue weighted by Gasteiger charge is 2.25. The van der Waals surface area contributed by atoms with Gasteiger partial charge < -0.3 is 10.2 Å². The number of thiophene rings is 1. The average Bonchev–Trinajstić information content (AvgIpc) is 3.06. The molecule has 3 aromatic rings. The van der Waals surface area contributed by atoms with Crippen LogP contribution in [0.1, 0.15) is 17.4 Å². The molecule has 1 aliphatic rings. The first-order valence-electron chi connectivity index (χ1n) is 8.60. The summed E-state index contributed by atoms with van der Waals surface area (Å²) in [4.78, 5) is 14.1. The normalized spacial score (nSPS) is 18.2. The molecule has 0 bridgehead atoms. The largest absolute Gasteiger partial charge is 0.350 e. The standard InChI is InChI=1S/C19H22N4S/c1-2-16-11-17-18(21-13-22-19(17)24-16)23-9-8-20-12-15(23)10-14-6-4-3-5-7-14/h3-7,11,13,15,20H,2,8-10,12H2,1H3. The molecule has 1 unspecified atom stereocenters. The maximum Gasteiger partial charge on any atom is 0.141 e. The van der Waals surface area contributed by atoms with E-state index in [9.17, 15) is 0 Å². The van der Waals surface area contributed by atoms with Crippen molar-refractivity contribution in [2.24, 2.45) is 0 Å². The van der Waals surface area contributed by atoms with Crippen molar-refractivity contribution >= 4 is 27.4 Å². The van der Waals surface area contributed by atoms with Gasteiger partial charge in [-0.2, -0.15) is 0 Å². The number of aromatic nitrogens is 2. The first-order valence-corrected chi connectivity index (χ1v) is 9.41. The molecule has 1 N–H and O–H groups in total. The number of piperazine rings is 1. The maximum atomic E-state index is 4.66. The highest BCUT2D eigenvalue weighted by Crippen LogP contribution is 2.32. The average molecular weight is 338 g/mol. The molecule has 0 aliphatic carbocycles. The molecule has 1 aliphatic heterocycles. The molecule has 1 aromatic carbocycles. The molecule has 3 heterocycles. The van der Waals surface area contributed by atoms with Gasteiger partial charge in [0.2, 0.25) is 0 Å². The predicted molar refractivity (Wildman–Crippen MR) is 101 cm³/mol. The molecule has 24 heavy (non-hydrogen) atoms. The van der Waals surface area contributed by atoms with E-state index in [0.29, 0.717) is 6.04 Å². The van der Waals surface area contributed by atoms with E-state index in [1.165, 1.54) is 15.8 Å². The van der Waals surface area contributed by atoms with Crippen LogP contribution in [-0.4, -0.2) is 35.6 Å². The molecule has 2 aromatic heterocycles. The molecular formula is C19H22N4S. The summed E-state index contributed by atoms with van der Waals surface area (Å²) in [6.07, 6.45) is 3.80. The summed E-state index contributed by atoms with van der Waals surface area (Å²) < 4.78 is 0. The monoisotopic (exact) mass is 338 g/mol. The maximum absolute atomic E-state index is 4.66. The van der Waals surface area contributed by atoms with Gasteiger partial charge in [0.25, 0.3) is 0 Å². The Balaban J connectivity index is 1.69. The van der Waals surface area contributed by atoms with Crippen LogP contribution in [0.2, 0.25) is 0 Å². The van der Waals surface area contributed by atoms with Crippen molar-refractivity contribution in [2.45, 2.75) is 25.8 Å². The first-order chi connectivity index (χ1) is 11.8. The fraction of sp³-hybridized carbons (Fsp3) is 0.368. The molecule has 0 saturated carbocycles. The summed E-state index contributed by atoms with van der Waals surface area (Å²) in [6, 6.07) is 13.4. The van der Waals surface area contributed by atoms with Gasteiger partial charge in [0.05, 0.1) is 5.39 Å². The van der Waals surface area contributed by atoms with Gasteiger partial charge in [-0.25, -0.2) is 9.97 Å². The van der Waals surface area contributed by atoms with E-state index in [2.05, 4.69) is 63.5 Å². The van der Waals surface area contributed by atoms with Crippen molar-refractivity contribution in [1.82, 2.24) is 15.3 Å². The highest BCUT2D eigenvalue weighted by atomic mass is 32.1. The predicted octanol–water partition coefficient (Wildman–Crippen LogP) is 3.27. The van der Waals surface area contributed by atoms with E-state index in [1.807, 2.05) is 0 Å². The van der Waals surface area contributed by atoms with Gasteiger partial charge in [0.15, 0.2) is 0 Å². The third kappa shape index (κ3) is 3.01. The van der Waals surface area contributed by atoms with Crippen LogP contribution in [0.5, 0.6) is 0 Å². The Kier molecular flexibility index (Phi) is 4.45. The minimum atomic E-state index is 0.421. The number of nitrogens with zero attached hydrogens (tertiary/aromatic N) is 3. The summed E-state index contributed by atoms with van der Waals surface area (Å²) in [6.45, 7) is 5.18. The molecule has 124 valence electrons. The van der Waals surface area contributed by atoms with Crippen molar-refractivity contribution in [3.63, 3.8) is 0 Å². The van der Waals surface area contributed by atoms with Crippen LogP contribution in [0.15, 0.2) is 42.7 Å². The van der Waals surface area contributed by atoms with Crippen molar-refractivity contribution < 1.29 is 0 Å². The van der Waals surface area contributed by atoms with Gasteiger partial charge in [-0.05, 0) is 24.5 Å². The van der Waals surface area contributed by atoms with Crippen LogP contribution >= 0.6 is 11.3 Å². The molecule has 0 amide bonds. The summed E-state index contributed by atoms with van der Waals surface area (Å²) in [7, 11) is 0. The summed E-state index contributed by atoms with van der Waals surface area (Å²) >= 11 is 1.79. The van der Waals surface area contributed by atoms with Crippen LogP contribution in [0, 0.1) is 0 Å². The van der Waals surface area contributed by atoms with Crippen LogP contribution in [-0.2, 0) is 12.8 Å². The number of benzene rings is 1. The lowest BCUT2D eigenvalue weighted by Crippen LogP contribution is -2.52. The third-order valence-corrected chi connectivity index (χ3v) is 5.83. The second-order valence-electron chi connectivity index (χ2n) is 6.22. The van der Waals surface area contributed by atoms with E-state index < -0.39 is 0 Å². The number of rotatable bonds is 4. The zero-order valence-corrected chi connectivity index (χ0v) is 14.7. The van der Waals surface area contributed by atoms with Crippen molar-refractivity contribution in [3.05, 3.63) is 53.2 Å². The topological polar surface area (TPSA) is 41.0 Å². The van der Waals surface area contributed by atoms with E-state index in [-0.39, 0.29) is 0 Å². The summed E-state index contributed by atoms with van der Waals surface area (Å²) in [5.74, 6) is 1.10. The molecule has 1 fully saturated rings. The number of anilines is 1. The van der Waals surface area contributed by atoms with E-state index in [1.54, 1.807) is 17.7 Å². The third-order valence-electron chi connectivity index (χ3n) is 4.64. The Hall–Kier alpha value is -1.98. The zero-order valence-electron chi connectivity index (χ0n) is 13.9. The van der Waals surface area contributed by atoms with E-state index >= 15 is 0 Å². The number of hydrogen-bond donors (Lipinski definition) is 1. The van der Waals surface area contributed by atoms with Crippen molar-refractivity contribution in [1.29, 1.82) is 0 Å². The van der Waals surface area contributed by atoms with Crippen LogP contribution in [0.3, 0.4) is 0 Å². The summed E-state index contributed by atoms with van der Waals surface area (Å²) in [5, 5.41) is 4.74. The molecule has 0 radical (unpaired) electrons. The Labute approximate surface area is 146 Å². The van der Waals surface area contributed by atoms with Crippen LogP contribution < -0.4 is 10.2 Å². The summed E-state index contributed by atoms with van der Waals surface area (Å²) in [5.41, 5.74) is 1.38. The Morgan fingerprint density at radius 2 is 2.12 bits per heavy atom. The Morgan fingerprint density at radius 3 is 2.96 bits per heavy atom. The molecule has 1 saturated heterocycles. The lowest BCUT2D eigenvalue weighted by Gasteiger charge is -2.37. The van der Waals surface area contributed by atoms with E-state index in [4.69, 9.17) is 0 Å². The second-order valence-corrected chi connectivity index (χ2v) is 7.34. The van der Waals surface area contributed by atoms with Crippen LogP contribution in [0.4, 0.5) is 5.82 Å². The molecule has 4 rings (SSSR count). The molecule has 1 atom stereocenters. The molecule has 5 heteroatoms. The smallest absolute Gasteiger partial charge is 0.141 e. The van der Waals surface area contributed by atoms with Crippen LogP contribution in [0.25, 0.3) is 10.2 Å². The molecular weight excluding hydrogens is 316 g/mol. The minimum Gasteiger partial charge on any atom is -0.350 e. The number of aryl methyl sites for hydroxylation is 1. The lowest BCUT2D eigenvalue weighted by molar-refractivity contribution is 0.471. The Morgan fingerprint density at radius 1 is 1.25 bits per heavy atom. The van der Waals surface area contributed by atoms with Gasteiger partial charge >= 0.3 is 0 Å². The molecule has 0 spiro atoms. The number of hydrogen-bond acceptors (Lipinski definition) is 5. The zero-order chi connectivity index (χ0) is 16.4. The number of nitrogens with one attached hydrogen (secondary N) is 1. The van der Waals surface area contributed by atoms with Gasteiger partial charge in [0, 0.05) is 30.6 Å². The van der Waals surface area contributed by atoms with Gasteiger partial charge in [-0.1, -0.05) is 37.3 Å². The fourth-order valence-corrected chi connectivity index (χ4v) is 4.33. The SMILES string of the molecule is CCc1cc2c(N3CCNCC3Cc3ccccc3)ncnc2s1. The van der Waals surface area contributed by atoms with Gasteiger partial charge in [-0.3, -0.25) is 0 Å². The molecule has 4 nitrogen and oxygen atoms in total. The first kappa shape index (κ1) is 15.5. The number of fused-ring (bicyclic) bond motifs is 1. The minimum absolute atomic E-state index is 0.421.